The van der Waals surface area contributed by atoms with Gasteiger partial charge >= 0.3 is 0 Å². The van der Waals surface area contributed by atoms with Crippen molar-refractivity contribution >= 4 is 17.5 Å². The molecule has 100 valence electrons. The van der Waals surface area contributed by atoms with Gasteiger partial charge in [0.15, 0.2) is 0 Å². The Morgan fingerprint density at radius 2 is 1.94 bits per heavy atom. The number of carbonyl (C=O) groups excluding carboxylic acids is 1. The number of carbonyl (C=O) groups is 1. The monoisotopic (exact) mass is 268 g/mol. The Morgan fingerprint density at radius 1 is 1.28 bits per heavy atom. The molecule has 1 aromatic carbocycles. The van der Waals surface area contributed by atoms with Crippen LogP contribution in [0, 0.1) is 0 Å². The quantitative estimate of drug-likeness (QED) is 0.770. The molecule has 4 heteroatoms. The highest BCUT2D eigenvalue weighted by molar-refractivity contribution is 6.17. The number of benzene rings is 1. The first-order valence-corrected chi connectivity index (χ1v) is 6.71. The van der Waals surface area contributed by atoms with Crippen molar-refractivity contribution < 1.29 is 4.79 Å². The van der Waals surface area contributed by atoms with E-state index in [1.807, 2.05) is 26.2 Å². The zero-order valence-electron chi connectivity index (χ0n) is 11.1. The number of amides is 1. The van der Waals surface area contributed by atoms with E-state index in [-0.39, 0.29) is 5.91 Å². The summed E-state index contributed by atoms with van der Waals surface area (Å²) in [7, 11) is 4.08. The van der Waals surface area contributed by atoms with E-state index >= 15 is 0 Å². The van der Waals surface area contributed by atoms with Crippen LogP contribution in [0.1, 0.15) is 24.0 Å². The van der Waals surface area contributed by atoms with Gasteiger partial charge in [-0.3, -0.25) is 4.79 Å². The summed E-state index contributed by atoms with van der Waals surface area (Å²) in [6, 6.07) is 8.18. The predicted octanol–water partition coefficient (Wildman–Crippen LogP) is 2.38. The van der Waals surface area contributed by atoms with Crippen LogP contribution in [0.15, 0.2) is 24.3 Å². The van der Waals surface area contributed by atoms with Crippen LogP contribution < -0.4 is 5.32 Å². The van der Waals surface area contributed by atoms with Gasteiger partial charge < -0.3 is 10.2 Å². The van der Waals surface area contributed by atoms with E-state index in [1.54, 1.807) is 0 Å². The number of nitrogens with zero attached hydrogens (tertiary/aromatic N) is 1. The lowest BCUT2D eigenvalue weighted by molar-refractivity contribution is -0.121. The van der Waals surface area contributed by atoms with Gasteiger partial charge in [0.2, 0.25) is 5.91 Å². The number of hydrogen-bond acceptors (Lipinski definition) is 2. The average molecular weight is 269 g/mol. The van der Waals surface area contributed by atoms with Crippen LogP contribution in [0.5, 0.6) is 0 Å². The SMILES string of the molecule is CN(C)Cc1ccccc1CNC(=O)CCCCl. The molecule has 1 N–H and O–H groups in total. The van der Waals surface area contributed by atoms with E-state index in [0.29, 0.717) is 18.8 Å². The third kappa shape index (κ3) is 5.52. The van der Waals surface area contributed by atoms with Gasteiger partial charge in [0, 0.05) is 25.4 Å². The second-order valence-corrected chi connectivity index (χ2v) is 4.95. The fraction of sp³-hybridized carbons (Fsp3) is 0.500. The molecule has 0 atom stereocenters. The molecule has 0 aliphatic rings. The molecular weight excluding hydrogens is 248 g/mol. The largest absolute Gasteiger partial charge is 0.352 e. The van der Waals surface area contributed by atoms with Crippen LogP contribution in [0.2, 0.25) is 0 Å². The number of nitrogens with one attached hydrogen (secondary N) is 1. The standard InChI is InChI=1S/C14H21ClN2O/c1-17(2)11-13-7-4-3-6-12(13)10-16-14(18)8-5-9-15/h3-4,6-7H,5,8-11H2,1-2H3,(H,16,18). The zero-order chi connectivity index (χ0) is 13.4. The van der Waals surface area contributed by atoms with E-state index < -0.39 is 0 Å². The molecule has 0 radical (unpaired) electrons. The summed E-state index contributed by atoms with van der Waals surface area (Å²) >= 11 is 5.56. The van der Waals surface area contributed by atoms with Gasteiger partial charge in [0.1, 0.15) is 0 Å². The molecule has 3 nitrogen and oxygen atoms in total. The average Bonchev–Trinajstić information content (AvgIpc) is 2.34. The Morgan fingerprint density at radius 3 is 2.56 bits per heavy atom. The van der Waals surface area contributed by atoms with E-state index in [1.165, 1.54) is 11.1 Å². The van der Waals surface area contributed by atoms with Crippen molar-refractivity contribution in [3.05, 3.63) is 35.4 Å². The number of hydrogen-bond donors (Lipinski definition) is 1. The van der Waals surface area contributed by atoms with Crippen molar-refractivity contribution in [1.82, 2.24) is 10.2 Å². The van der Waals surface area contributed by atoms with Crippen molar-refractivity contribution in [2.24, 2.45) is 0 Å². The summed E-state index contributed by atoms with van der Waals surface area (Å²) in [5.74, 6) is 0.597. The lowest BCUT2D eigenvalue weighted by atomic mass is 10.1. The topological polar surface area (TPSA) is 32.3 Å². The first-order chi connectivity index (χ1) is 8.63. The molecule has 0 fully saturated rings. The highest BCUT2D eigenvalue weighted by atomic mass is 35.5. The number of alkyl halides is 1. The molecule has 0 saturated heterocycles. The van der Waals surface area contributed by atoms with Crippen LogP contribution in [-0.2, 0) is 17.9 Å². The molecule has 0 unspecified atom stereocenters. The van der Waals surface area contributed by atoms with E-state index in [0.717, 1.165) is 13.0 Å². The predicted molar refractivity (Wildman–Crippen MR) is 75.6 cm³/mol. The van der Waals surface area contributed by atoms with Gasteiger partial charge in [0.05, 0.1) is 0 Å². The van der Waals surface area contributed by atoms with Crippen LogP contribution in [0.25, 0.3) is 0 Å². The Kier molecular flexibility index (Phi) is 6.76. The van der Waals surface area contributed by atoms with Crippen LogP contribution >= 0.6 is 11.6 Å². The lowest BCUT2D eigenvalue weighted by Crippen LogP contribution is -2.23. The maximum atomic E-state index is 11.5. The third-order valence-corrected chi connectivity index (χ3v) is 2.89. The minimum absolute atomic E-state index is 0.0651. The third-order valence-electron chi connectivity index (χ3n) is 2.62. The minimum Gasteiger partial charge on any atom is -0.352 e. The Labute approximate surface area is 114 Å². The number of halogens is 1. The summed E-state index contributed by atoms with van der Waals surface area (Å²) in [5, 5.41) is 2.93. The summed E-state index contributed by atoms with van der Waals surface area (Å²) < 4.78 is 0. The van der Waals surface area contributed by atoms with Crippen molar-refractivity contribution in [2.45, 2.75) is 25.9 Å². The van der Waals surface area contributed by atoms with Gasteiger partial charge in [-0.05, 0) is 31.6 Å². The molecule has 0 heterocycles. The zero-order valence-corrected chi connectivity index (χ0v) is 11.8. The fourth-order valence-electron chi connectivity index (χ4n) is 1.73. The second kappa shape index (κ2) is 8.11. The van der Waals surface area contributed by atoms with Crippen LogP contribution in [0.3, 0.4) is 0 Å². The van der Waals surface area contributed by atoms with Crippen LogP contribution in [-0.4, -0.2) is 30.8 Å². The molecule has 1 aromatic rings. The molecule has 0 bridgehead atoms. The van der Waals surface area contributed by atoms with Crippen molar-refractivity contribution in [3.63, 3.8) is 0 Å². The van der Waals surface area contributed by atoms with Crippen molar-refractivity contribution in [2.75, 3.05) is 20.0 Å². The summed E-state index contributed by atoms with van der Waals surface area (Å²) in [5.41, 5.74) is 2.42. The second-order valence-electron chi connectivity index (χ2n) is 4.58. The number of rotatable bonds is 7. The smallest absolute Gasteiger partial charge is 0.220 e. The van der Waals surface area contributed by atoms with Gasteiger partial charge in [-0.2, -0.15) is 0 Å². The first kappa shape index (κ1) is 15.0. The van der Waals surface area contributed by atoms with Crippen LogP contribution in [0.4, 0.5) is 0 Å². The van der Waals surface area contributed by atoms with Gasteiger partial charge in [-0.15, -0.1) is 11.6 Å². The minimum atomic E-state index is 0.0651. The fourth-order valence-corrected chi connectivity index (χ4v) is 1.87. The van der Waals surface area contributed by atoms with E-state index in [9.17, 15) is 4.79 Å². The lowest BCUT2D eigenvalue weighted by Gasteiger charge is -2.14. The first-order valence-electron chi connectivity index (χ1n) is 6.17. The van der Waals surface area contributed by atoms with Crippen molar-refractivity contribution in [3.8, 4) is 0 Å². The van der Waals surface area contributed by atoms with Gasteiger partial charge in [0.25, 0.3) is 0 Å². The summed E-state index contributed by atoms with van der Waals surface area (Å²) in [6.45, 7) is 1.47. The maximum absolute atomic E-state index is 11.5. The summed E-state index contributed by atoms with van der Waals surface area (Å²) in [4.78, 5) is 13.6. The van der Waals surface area contributed by atoms with Gasteiger partial charge in [-0.1, -0.05) is 24.3 Å². The summed E-state index contributed by atoms with van der Waals surface area (Å²) in [6.07, 6.45) is 1.23. The Balaban J connectivity index is 2.53. The van der Waals surface area contributed by atoms with E-state index in [2.05, 4.69) is 22.3 Å². The molecular formula is C14H21ClN2O. The van der Waals surface area contributed by atoms with Gasteiger partial charge in [-0.25, -0.2) is 0 Å². The molecule has 0 aliphatic carbocycles. The normalized spacial score (nSPS) is 10.7. The highest BCUT2D eigenvalue weighted by Crippen LogP contribution is 2.10. The van der Waals surface area contributed by atoms with Crippen molar-refractivity contribution in [1.29, 1.82) is 0 Å². The molecule has 0 spiro atoms. The Bertz CT molecular complexity index is 380. The van der Waals surface area contributed by atoms with E-state index in [4.69, 9.17) is 11.6 Å². The molecule has 0 aromatic heterocycles. The maximum Gasteiger partial charge on any atom is 0.220 e. The molecule has 0 aliphatic heterocycles. The Hall–Kier alpha value is -1.06. The molecule has 1 amide bonds. The highest BCUT2D eigenvalue weighted by Gasteiger charge is 2.05. The molecule has 0 saturated carbocycles. The molecule has 18 heavy (non-hydrogen) atoms. The molecule has 1 rings (SSSR count).